The van der Waals surface area contributed by atoms with Gasteiger partial charge in [0.1, 0.15) is 22.2 Å². The summed E-state index contributed by atoms with van der Waals surface area (Å²) in [5, 5.41) is 4.47. The Morgan fingerprint density at radius 1 is 1.17 bits per heavy atom. The summed E-state index contributed by atoms with van der Waals surface area (Å²) in [4.78, 5) is 19.9. The molecular formula is C22H24ClN3O2S. The number of benzene rings is 2. The van der Waals surface area contributed by atoms with Crippen LogP contribution in [0, 0.1) is 6.92 Å². The highest BCUT2D eigenvalue weighted by atomic mass is 35.5. The van der Waals surface area contributed by atoms with Gasteiger partial charge in [-0.2, -0.15) is 0 Å². The summed E-state index contributed by atoms with van der Waals surface area (Å²) in [7, 11) is 4.02. The summed E-state index contributed by atoms with van der Waals surface area (Å²) in [6.07, 6.45) is 0. The molecule has 1 atom stereocenters. The average molecular weight is 430 g/mol. The van der Waals surface area contributed by atoms with Gasteiger partial charge in [0.25, 0.3) is 5.91 Å². The van der Waals surface area contributed by atoms with Gasteiger partial charge in [-0.1, -0.05) is 41.9 Å². The van der Waals surface area contributed by atoms with E-state index in [1.165, 1.54) is 11.3 Å². The number of nitrogens with one attached hydrogen (secondary N) is 1. The molecule has 0 aliphatic heterocycles. The second-order valence-electron chi connectivity index (χ2n) is 6.86. The lowest BCUT2D eigenvalue weighted by Crippen LogP contribution is -2.34. The van der Waals surface area contributed by atoms with Crippen molar-refractivity contribution >= 4 is 28.8 Å². The molecule has 0 aliphatic carbocycles. The van der Waals surface area contributed by atoms with E-state index in [-0.39, 0.29) is 11.9 Å². The molecule has 0 saturated heterocycles. The quantitative estimate of drug-likeness (QED) is 0.563. The first-order valence-electron chi connectivity index (χ1n) is 9.28. The molecule has 3 rings (SSSR count). The number of ether oxygens (including phenoxy) is 1. The van der Waals surface area contributed by atoms with Gasteiger partial charge >= 0.3 is 0 Å². The smallest absolute Gasteiger partial charge is 0.263 e. The number of thiazole rings is 1. The fourth-order valence-electron chi connectivity index (χ4n) is 2.94. The van der Waals surface area contributed by atoms with Crippen LogP contribution in [0.1, 0.15) is 32.0 Å². The van der Waals surface area contributed by atoms with Gasteiger partial charge < -0.3 is 15.0 Å². The zero-order valence-corrected chi connectivity index (χ0v) is 18.3. The zero-order chi connectivity index (χ0) is 20.8. The molecule has 2 aromatic carbocycles. The number of halogens is 1. The second-order valence-corrected chi connectivity index (χ2v) is 8.38. The van der Waals surface area contributed by atoms with Gasteiger partial charge in [-0.05, 0) is 50.8 Å². The van der Waals surface area contributed by atoms with Gasteiger partial charge in [-0.15, -0.1) is 11.3 Å². The van der Waals surface area contributed by atoms with Crippen molar-refractivity contribution in [3.8, 4) is 5.75 Å². The molecule has 0 bridgehead atoms. The Hall–Kier alpha value is -2.41. The van der Waals surface area contributed by atoms with Crippen molar-refractivity contribution in [1.82, 2.24) is 15.2 Å². The van der Waals surface area contributed by atoms with Crippen molar-refractivity contribution in [3.63, 3.8) is 0 Å². The number of carbonyl (C=O) groups excluding carboxylic acids is 1. The maximum absolute atomic E-state index is 12.7. The number of likely N-dealkylation sites (N-methyl/N-ethyl adjacent to an activating group) is 1. The first-order valence-corrected chi connectivity index (χ1v) is 10.5. The number of aryl methyl sites for hydroxylation is 1. The Bertz CT molecular complexity index is 942. The van der Waals surface area contributed by atoms with Gasteiger partial charge in [0, 0.05) is 11.6 Å². The molecule has 1 aromatic heterocycles. The summed E-state index contributed by atoms with van der Waals surface area (Å²) in [6.45, 7) is 2.67. The number of nitrogens with zero attached hydrogens (tertiary/aromatic N) is 2. The molecule has 1 unspecified atom stereocenters. The Labute approximate surface area is 180 Å². The van der Waals surface area contributed by atoms with E-state index >= 15 is 0 Å². The summed E-state index contributed by atoms with van der Waals surface area (Å²) in [6, 6.07) is 17.4. The van der Waals surface area contributed by atoms with E-state index in [1.807, 2.05) is 39.2 Å². The lowest BCUT2D eigenvalue weighted by Gasteiger charge is -2.25. The lowest BCUT2D eigenvalue weighted by atomic mass is 10.1. The van der Waals surface area contributed by atoms with Crippen LogP contribution >= 0.6 is 22.9 Å². The van der Waals surface area contributed by atoms with E-state index in [1.54, 1.807) is 24.3 Å². The van der Waals surface area contributed by atoms with Crippen LogP contribution in [0.4, 0.5) is 0 Å². The van der Waals surface area contributed by atoms with Gasteiger partial charge in [0.15, 0.2) is 0 Å². The third-order valence-corrected chi connectivity index (χ3v) is 5.87. The first kappa shape index (κ1) is 21.3. The number of hydrogen-bond acceptors (Lipinski definition) is 5. The first-order chi connectivity index (χ1) is 13.9. The van der Waals surface area contributed by atoms with Crippen molar-refractivity contribution < 1.29 is 9.53 Å². The van der Waals surface area contributed by atoms with Crippen molar-refractivity contribution in [3.05, 3.63) is 80.8 Å². The highest BCUT2D eigenvalue weighted by Gasteiger charge is 2.19. The monoisotopic (exact) mass is 429 g/mol. The van der Waals surface area contributed by atoms with Crippen LogP contribution in [0.25, 0.3) is 0 Å². The van der Waals surface area contributed by atoms with Crippen LogP contribution < -0.4 is 10.1 Å². The van der Waals surface area contributed by atoms with Gasteiger partial charge in [0.05, 0.1) is 11.7 Å². The Kier molecular flexibility index (Phi) is 7.25. The molecule has 1 amide bonds. The summed E-state index contributed by atoms with van der Waals surface area (Å²) in [5.41, 5.74) is 1.87. The molecule has 29 heavy (non-hydrogen) atoms. The highest BCUT2D eigenvalue weighted by molar-refractivity contribution is 7.13. The minimum Gasteiger partial charge on any atom is -0.486 e. The third kappa shape index (κ3) is 5.79. The standard InChI is InChI=1S/C22H24ClN3O2S/c1-15-21(29-20(25-15)14-28-18-11-9-17(23)10-12-18)22(27)24-13-19(26(2)3)16-7-5-4-6-8-16/h4-12,19H,13-14H2,1-3H3,(H,24,27). The predicted octanol–water partition coefficient (Wildman–Crippen LogP) is 4.72. The van der Waals surface area contributed by atoms with E-state index in [4.69, 9.17) is 16.3 Å². The molecule has 152 valence electrons. The molecule has 0 saturated carbocycles. The number of aromatic nitrogens is 1. The normalized spacial score (nSPS) is 12.0. The van der Waals surface area contributed by atoms with Crippen molar-refractivity contribution in [2.45, 2.75) is 19.6 Å². The van der Waals surface area contributed by atoms with E-state index in [2.05, 4.69) is 27.3 Å². The molecule has 7 heteroatoms. The number of amides is 1. The molecule has 3 aromatic rings. The van der Waals surface area contributed by atoms with Crippen LogP contribution in [0.5, 0.6) is 5.75 Å². The molecule has 1 N–H and O–H groups in total. The molecule has 0 spiro atoms. The summed E-state index contributed by atoms with van der Waals surface area (Å²) in [5.74, 6) is 0.602. The molecule has 5 nitrogen and oxygen atoms in total. The SMILES string of the molecule is Cc1nc(COc2ccc(Cl)cc2)sc1C(=O)NCC(c1ccccc1)N(C)C. The summed E-state index contributed by atoms with van der Waals surface area (Å²) < 4.78 is 5.73. The molecule has 0 fully saturated rings. The van der Waals surface area contributed by atoms with E-state index in [0.717, 1.165) is 10.6 Å². The number of rotatable bonds is 8. The van der Waals surface area contributed by atoms with Crippen LogP contribution in [0.15, 0.2) is 54.6 Å². The Morgan fingerprint density at radius 3 is 2.52 bits per heavy atom. The Balaban J connectivity index is 1.61. The maximum atomic E-state index is 12.7. The van der Waals surface area contributed by atoms with Crippen LogP contribution in [-0.4, -0.2) is 36.4 Å². The minimum atomic E-state index is -0.111. The largest absolute Gasteiger partial charge is 0.486 e. The van der Waals surface area contributed by atoms with E-state index < -0.39 is 0 Å². The second kappa shape index (κ2) is 9.87. The molecular weight excluding hydrogens is 406 g/mol. The lowest BCUT2D eigenvalue weighted by molar-refractivity contribution is 0.0945. The third-order valence-electron chi connectivity index (χ3n) is 4.49. The van der Waals surface area contributed by atoms with E-state index in [9.17, 15) is 4.79 Å². The number of carbonyl (C=O) groups is 1. The van der Waals surface area contributed by atoms with Gasteiger partial charge in [-0.3, -0.25) is 4.79 Å². The van der Waals surface area contributed by atoms with Crippen LogP contribution in [0.3, 0.4) is 0 Å². The molecule has 0 aliphatic rings. The summed E-state index contributed by atoms with van der Waals surface area (Å²) >= 11 is 7.24. The minimum absolute atomic E-state index is 0.0982. The maximum Gasteiger partial charge on any atom is 0.263 e. The molecule has 0 radical (unpaired) electrons. The fraction of sp³-hybridized carbons (Fsp3) is 0.273. The predicted molar refractivity (Wildman–Crippen MR) is 118 cm³/mol. The molecule has 1 heterocycles. The highest BCUT2D eigenvalue weighted by Crippen LogP contribution is 2.22. The fourth-order valence-corrected chi connectivity index (χ4v) is 3.96. The average Bonchev–Trinajstić information content (AvgIpc) is 3.09. The van der Waals surface area contributed by atoms with E-state index in [0.29, 0.717) is 34.5 Å². The van der Waals surface area contributed by atoms with Crippen molar-refractivity contribution in [2.24, 2.45) is 0 Å². The van der Waals surface area contributed by atoms with Gasteiger partial charge in [0.2, 0.25) is 0 Å². The zero-order valence-electron chi connectivity index (χ0n) is 16.7. The van der Waals surface area contributed by atoms with Gasteiger partial charge in [-0.25, -0.2) is 4.98 Å². The van der Waals surface area contributed by atoms with Crippen LogP contribution in [0.2, 0.25) is 5.02 Å². The van der Waals surface area contributed by atoms with Crippen LogP contribution in [-0.2, 0) is 6.61 Å². The van der Waals surface area contributed by atoms with Crippen molar-refractivity contribution in [2.75, 3.05) is 20.6 Å². The number of hydrogen-bond donors (Lipinski definition) is 1. The Morgan fingerprint density at radius 2 is 1.86 bits per heavy atom. The van der Waals surface area contributed by atoms with Crippen molar-refractivity contribution in [1.29, 1.82) is 0 Å². The topological polar surface area (TPSA) is 54.5 Å².